The Hall–Kier alpha value is -1.42. The fraction of sp³-hybridized carbons (Fsp3) is 0.625. The smallest absolute Gasteiger partial charge is 0.180 e. The molecule has 20 heavy (non-hydrogen) atoms. The molecule has 2 fully saturated rings. The molecule has 0 atom stereocenters. The van der Waals surface area contributed by atoms with Gasteiger partial charge in [-0.15, -0.1) is 0 Å². The number of nitrogens with zero attached hydrogens (tertiary/aromatic N) is 3. The Morgan fingerprint density at radius 1 is 1.30 bits per heavy atom. The topological polar surface area (TPSA) is 36.4 Å². The second-order valence-electron chi connectivity index (χ2n) is 6.32. The van der Waals surface area contributed by atoms with Gasteiger partial charge in [-0.1, -0.05) is 13.0 Å². The van der Waals surface area contributed by atoms with Crippen LogP contribution in [0.15, 0.2) is 18.2 Å². The summed E-state index contributed by atoms with van der Waals surface area (Å²) < 4.78 is 0. The molecule has 2 aliphatic heterocycles. The number of likely N-dealkylation sites (tertiary alicyclic amines) is 1. The number of Topliss-reactive ketones (excluding diaryl/α,β-unsaturated/α-hetero) is 1. The van der Waals surface area contributed by atoms with Gasteiger partial charge in [-0.05, 0) is 37.4 Å². The fourth-order valence-corrected chi connectivity index (χ4v) is 3.56. The lowest BCUT2D eigenvalue weighted by atomic mass is 9.72. The maximum absolute atomic E-state index is 11.8. The molecule has 0 bridgehead atoms. The number of hydrogen-bond acceptors (Lipinski definition) is 4. The van der Waals surface area contributed by atoms with Crippen molar-refractivity contribution in [3.05, 3.63) is 23.9 Å². The summed E-state index contributed by atoms with van der Waals surface area (Å²) in [6.07, 6.45) is 3.00. The van der Waals surface area contributed by atoms with E-state index >= 15 is 0 Å². The zero-order valence-corrected chi connectivity index (χ0v) is 12.4. The van der Waals surface area contributed by atoms with Crippen LogP contribution in [0.3, 0.4) is 0 Å². The number of carbonyl (C=O) groups excluding carboxylic acids is 1. The summed E-state index contributed by atoms with van der Waals surface area (Å²) in [5.41, 5.74) is 1.16. The van der Waals surface area contributed by atoms with Crippen molar-refractivity contribution in [2.45, 2.75) is 26.2 Å². The fourth-order valence-electron chi connectivity index (χ4n) is 3.56. The van der Waals surface area contributed by atoms with Crippen molar-refractivity contribution in [1.82, 2.24) is 9.88 Å². The van der Waals surface area contributed by atoms with Crippen molar-refractivity contribution in [2.24, 2.45) is 5.41 Å². The maximum Gasteiger partial charge on any atom is 0.180 e. The lowest BCUT2D eigenvalue weighted by Crippen LogP contribution is -2.58. The Morgan fingerprint density at radius 3 is 2.60 bits per heavy atom. The van der Waals surface area contributed by atoms with Gasteiger partial charge in [0.1, 0.15) is 11.5 Å². The van der Waals surface area contributed by atoms with E-state index < -0.39 is 0 Å². The number of pyridine rings is 1. The van der Waals surface area contributed by atoms with Crippen LogP contribution in [0.2, 0.25) is 0 Å². The molecule has 1 spiro atoms. The van der Waals surface area contributed by atoms with E-state index in [2.05, 4.69) is 21.8 Å². The number of carbonyl (C=O) groups is 1. The number of aromatic nitrogens is 1. The molecule has 1 aromatic heterocycles. The van der Waals surface area contributed by atoms with Gasteiger partial charge < -0.3 is 9.80 Å². The number of hydrogen-bond donors (Lipinski definition) is 0. The third kappa shape index (κ3) is 2.44. The number of rotatable bonds is 3. The van der Waals surface area contributed by atoms with E-state index in [-0.39, 0.29) is 5.78 Å². The van der Waals surface area contributed by atoms with Crippen LogP contribution < -0.4 is 4.90 Å². The van der Waals surface area contributed by atoms with Crippen LogP contribution in [0.5, 0.6) is 0 Å². The van der Waals surface area contributed by atoms with Crippen LogP contribution in [-0.2, 0) is 0 Å². The lowest BCUT2D eigenvalue weighted by molar-refractivity contribution is 0.00121. The van der Waals surface area contributed by atoms with Gasteiger partial charge in [0, 0.05) is 32.6 Å². The van der Waals surface area contributed by atoms with Crippen molar-refractivity contribution in [1.29, 1.82) is 0 Å². The van der Waals surface area contributed by atoms with E-state index in [1.807, 2.05) is 25.1 Å². The van der Waals surface area contributed by atoms with E-state index in [1.54, 1.807) is 0 Å². The molecule has 0 saturated carbocycles. The molecule has 4 nitrogen and oxygen atoms in total. The van der Waals surface area contributed by atoms with Gasteiger partial charge in [0.15, 0.2) is 5.78 Å². The molecule has 4 heteroatoms. The predicted octanol–water partition coefficient (Wildman–Crippen LogP) is 2.21. The van der Waals surface area contributed by atoms with Crippen LogP contribution in [0.25, 0.3) is 0 Å². The zero-order chi connectivity index (χ0) is 14.2. The Kier molecular flexibility index (Phi) is 3.50. The first-order chi connectivity index (χ1) is 9.62. The average Bonchev–Trinajstić information content (AvgIpc) is 2.46. The lowest BCUT2D eigenvalue weighted by Gasteiger charge is -2.53. The van der Waals surface area contributed by atoms with E-state index in [1.165, 1.54) is 25.9 Å². The Bertz CT molecular complexity index is 498. The molecule has 0 aromatic carbocycles. The van der Waals surface area contributed by atoms with Crippen molar-refractivity contribution < 1.29 is 4.79 Å². The minimum absolute atomic E-state index is 0.126. The summed E-state index contributed by atoms with van der Waals surface area (Å²) in [7, 11) is 2.19. The van der Waals surface area contributed by atoms with E-state index in [4.69, 9.17) is 0 Å². The third-order valence-corrected chi connectivity index (χ3v) is 4.70. The Morgan fingerprint density at radius 2 is 2.00 bits per heavy atom. The Labute approximate surface area is 120 Å². The molecular formula is C16H23N3O. The monoisotopic (exact) mass is 273 g/mol. The van der Waals surface area contributed by atoms with Crippen molar-refractivity contribution in [3.63, 3.8) is 0 Å². The molecule has 2 aliphatic rings. The molecule has 0 N–H and O–H groups in total. The summed E-state index contributed by atoms with van der Waals surface area (Å²) in [6.45, 7) is 6.48. The number of anilines is 1. The SMILES string of the molecule is CCC(=O)c1cccc(N2CCC3(CC2)CN(C)C3)n1. The molecule has 3 heterocycles. The molecule has 1 aromatic rings. The molecule has 0 unspecified atom stereocenters. The zero-order valence-electron chi connectivity index (χ0n) is 12.4. The number of ketones is 1. The normalized spacial score (nSPS) is 21.8. The van der Waals surface area contributed by atoms with Crippen LogP contribution in [0.4, 0.5) is 5.82 Å². The highest BCUT2D eigenvalue weighted by molar-refractivity contribution is 5.94. The van der Waals surface area contributed by atoms with E-state index in [0.717, 1.165) is 18.9 Å². The van der Waals surface area contributed by atoms with E-state index in [0.29, 0.717) is 17.5 Å². The second kappa shape index (κ2) is 5.17. The third-order valence-electron chi connectivity index (χ3n) is 4.70. The van der Waals surface area contributed by atoms with Crippen LogP contribution in [-0.4, -0.2) is 48.9 Å². The molecular weight excluding hydrogens is 250 g/mol. The summed E-state index contributed by atoms with van der Waals surface area (Å²) in [5.74, 6) is 1.09. The minimum atomic E-state index is 0.126. The van der Waals surface area contributed by atoms with Gasteiger partial charge in [0.05, 0.1) is 0 Å². The van der Waals surface area contributed by atoms with Gasteiger partial charge >= 0.3 is 0 Å². The quantitative estimate of drug-likeness (QED) is 0.791. The minimum Gasteiger partial charge on any atom is -0.357 e. The predicted molar refractivity (Wildman–Crippen MR) is 80.2 cm³/mol. The number of piperidine rings is 1. The molecule has 108 valence electrons. The highest BCUT2D eigenvalue weighted by Crippen LogP contribution is 2.40. The Balaban J connectivity index is 1.67. The summed E-state index contributed by atoms with van der Waals surface area (Å²) in [4.78, 5) is 21.0. The summed E-state index contributed by atoms with van der Waals surface area (Å²) in [5, 5.41) is 0. The van der Waals surface area contributed by atoms with Gasteiger partial charge in [0.2, 0.25) is 0 Å². The highest BCUT2D eigenvalue weighted by Gasteiger charge is 2.43. The van der Waals surface area contributed by atoms with Gasteiger partial charge in [-0.2, -0.15) is 0 Å². The van der Waals surface area contributed by atoms with Crippen molar-refractivity contribution in [3.8, 4) is 0 Å². The van der Waals surface area contributed by atoms with Gasteiger partial charge in [0.25, 0.3) is 0 Å². The van der Waals surface area contributed by atoms with Gasteiger partial charge in [-0.25, -0.2) is 4.98 Å². The summed E-state index contributed by atoms with van der Waals surface area (Å²) in [6, 6.07) is 5.80. The molecule has 2 saturated heterocycles. The maximum atomic E-state index is 11.8. The summed E-state index contributed by atoms with van der Waals surface area (Å²) >= 11 is 0. The van der Waals surface area contributed by atoms with Crippen molar-refractivity contribution >= 4 is 11.6 Å². The molecule has 3 rings (SSSR count). The molecule has 0 amide bonds. The molecule has 0 radical (unpaired) electrons. The average molecular weight is 273 g/mol. The van der Waals surface area contributed by atoms with E-state index in [9.17, 15) is 4.79 Å². The van der Waals surface area contributed by atoms with Crippen LogP contribution in [0.1, 0.15) is 36.7 Å². The highest BCUT2D eigenvalue weighted by atomic mass is 16.1. The van der Waals surface area contributed by atoms with Crippen molar-refractivity contribution in [2.75, 3.05) is 38.1 Å². The van der Waals surface area contributed by atoms with Gasteiger partial charge in [-0.3, -0.25) is 4.79 Å². The second-order valence-corrected chi connectivity index (χ2v) is 6.32. The first-order valence-electron chi connectivity index (χ1n) is 7.56. The van der Waals surface area contributed by atoms with Crippen LogP contribution >= 0.6 is 0 Å². The first kappa shape index (κ1) is 13.6. The first-order valence-corrected chi connectivity index (χ1v) is 7.56. The van der Waals surface area contributed by atoms with Crippen LogP contribution in [0, 0.1) is 5.41 Å². The largest absolute Gasteiger partial charge is 0.357 e. The molecule has 0 aliphatic carbocycles. The standard InChI is InChI=1S/C16H23N3O/c1-3-14(20)13-5-4-6-15(17-13)19-9-7-16(8-10-19)11-18(2)12-16/h4-6H,3,7-12H2,1-2H3.